The third-order valence-electron chi connectivity index (χ3n) is 5.97. The second-order valence-corrected chi connectivity index (χ2v) is 8.38. The number of hydrogen-bond donors (Lipinski definition) is 1. The van der Waals surface area contributed by atoms with E-state index in [2.05, 4.69) is 4.90 Å². The molecule has 0 aliphatic carbocycles. The van der Waals surface area contributed by atoms with E-state index in [1.807, 2.05) is 43.2 Å². The molecule has 2 N–H and O–H groups in total. The van der Waals surface area contributed by atoms with Gasteiger partial charge in [0.25, 0.3) is 0 Å². The van der Waals surface area contributed by atoms with Crippen molar-refractivity contribution in [2.75, 3.05) is 33.2 Å². The van der Waals surface area contributed by atoms with Crippen LogP contribution in [0.1, 0.15) is 12.5 Å². The monoisotopic (exact) mass is 399 g/mol. The number of amides is 1. The van der Waals surface area contributed by atoms with Crippen LogP contribution in [0.15, 0.2) is 36.4 Å². The van der Waals surface area contributed by atoms with E-state index in [4.69, 9.17) is 15.2 Å². The van der Waals surface area contributed by atoms with E-state index in [0.29, 0.717) is 18.8 Å². The lowest BCUT2D eigenvalue weighted by atomic mass is 9.82. The minimum Gasteiger partial charge on any atom is -0.426 e. The van der Waals surface area contributed by atoms with Crippen LogP contribution in [0.2, 0.25) is 0 Å². The van der Waals surface area contributed by atoms with Gasteiger partial charge in [-0.2, -0.15) is 0 Å². The first-order valence-corrected chi connectivity index (χ1v) is 10.3. The SMILES string of the molecule is CC(N)Cc1ccc(OC(=O)C2C(C(=O)N3CCN(C)CC3)[C@@H]3C=C[C@H]2O3)cc1. The molecule has 1 aromatic rings. The molecule has 3 aliphatic heterocycles. The van der Waals surface area contributed by atoms with Crippen molar-refractivity contribution in [1.82, 2.24) is 9.80 Å². The standard InChI is InChI=1S/C22H29N3O4/c1-14(23)13-15-3-5-16(6-4-15)28-22(27)20-18-8-7-17(29-18)19(20)21(26)25-11-9-24(2)10-12-25/h3-8,14,17-20H,9-13,23H2,1-2H3/t14?,17-,18+,19?,20?/m0/s1. The van der Waals surface area contributed by atoms with E-state index in [-0.39, 0.29) is 18.1 Å². The number of rotatable bonds is 5. The second-order valence-electron chi connectivity index (χ2n) is 8.38. The van der Waals surface area contributed by atoms with E-state index in [1.165, 1.54) is 0 Å². The molecule has 0 spiro atoms. The minimum atomic E-state index is -0.610. The lowest BCUT2D eigenvalue weighted by molar-refractivity contribution is -0.148. The van der Waals surface area contributed by atoms with Gasteiger partial charge in [0.1, 0.15) is 11.7 Å². The fourth-order valence-corrected chi connectivity index (χ4v) is 4.37. The first kappa shape index (κ1) is 20.1. The Bertz CT molecular complexity index is 784. The summed E-state index contributed by atoms with van der Waals surface area (Å²) in [4.78, 5) is 30.2. The van der Waals surface area contributed by atoms with Crippen molar-refractivity contribution in [2.24, 2.45) is 17.6 Å². The fraction of sp³-hybridized carbons (Fsp3) is 0.545. The molecule has 1 aromatic carbocycles. The van der Waals surface area contributed by atoms with Crippen molar-refractivity contribution in [3.8, 4) is 5.75 Å². The van der Waals surface area contributed by atoms with Crippen molar-refractivity contribution < 1.29 is 19.1 Å². The number of esters is 1. The normalized spacial score (nSPS) is 29.8. The van der Waals surface area contributed by atoms with E-state index < -0.39 is 23.9 Å². The summed E-state index contributed by atoms with van der Waals surface area (Å²) in [5.74, 6) is -1.07. The number of piperazine rings is 1. The number of carbonyl (C=O) groups is 2. The lowest BCUT2D eigenvalue weighted by Gasteiger charge is -2.35. The average Bonchev–Trinajstić information content (AvgIpc) is 3.30. The molecule has 7 heteroatoms. The smallest absolute Gasteiger partial charge is 0.318 e. The summed E-state index contributed by atoms with van der Waals surface area (Å²) in [6.45, 7) is 4.98. The predicted molar refractivity (Wildman–Crippen MR) is 108 cm³/mol. The summed E-state index contributed by atoms with van der Waals surface area (Å²) in [6.07, 6.45) is 3.79. The van der Waals surface area contributed by atoms with Crippen molar-refractivity contribution in [3.63, 3.8) is 0 Å². The maximum absolute atomic E-state index is 13.2. The molecule has 2 fully saturated rings. The Kier molecular flexibility index (Phi) is 5.72. The van der Waals surface area contributed by atoms with Crippen LogP contribution in [0, 0.1) is 11.8 Å². The Labute approximate surface area is 171 Å². The molecule has 0 aromatic heterocycles. The van der Waals surface area contributed by atoms with Crippen molar-refractivity contribution in [3.05, 3.63) is 42.0 Å². The zero-order valence-electron chi connectivity index (χ0n) is 17.0. The van der Waals surface area contributed by atoms with Crippen LogP contribution in [0.5, 0.6) is 5.75 Å². The van der Waals surface area contributed by atoms with Crippen LogP contribution in [0.25, 0.3) is 0 Å². The molecule has 0 radical (unpaired) electrons. The number of benzene rings is 1. The number of ether oxygens (including phenoxy) is 2. The highest BCUT2D eigenvalue weighted by atomic mass is 16.5. The van der Waals surface area contributed by atoms with Crippen molar-refractivity contribution in [2.45, 2.75) is 31.6 Å². The van der Waals surface area contributed by atoms with E-state index in [0.717, 1.165) is 25.1 Å². The predicted octanol–water partition coefficient (Wildman–Crippen LogP) is 0.825. The highest BCUT2D eigenvalue weighted by molar-refractivity contribution is 5.88. The molecule has 3 heterocycles. The van der Waals surface area contributed by atoms with Crippen LogP contribution in [0.3, 0.4) is 0 Å². The first-order valence-electron chi connectivity index (χ1n) is 10.3. The molecule has 2 bridgehead atoms. The van der Waals surface area contributed by atoms with E-state index in [9.17, 15) is 9.59 Å². The van der Waals surface area contributed by atoms with Crippen LogP contribution in [-0.2, 0) is 20.7 Å². The molecule has 156 valence electrons. The van der Waals surface area contributed by atoms with Crippen molar-refractivity contribution >= 4 is 11.9 Å². The number of likely N-dealkylation sites (N-methyl/N-ethyl adjacent to an activating group) is 1. The minimum absolute atomic E-state index is 0.0100. The molecular formula is C22H29N3O4. The van der Waals surface area contributed by atoms with Crippen LogP contribution >= 0.6 is 0 Å². The summed E-state index contributed by atoms with van der Waals surface area (Å²) in [6, 6.07) is 7.45. The second kappa shape index (κ2) is 8.26. The first-order chi connectivity index (χ1) is 13.9. The van der Waals surface area contributed by atoms with Gasteiger partial charge in [0.2, 0.25) is 5.91 Å². The molecule has 1 amide bonds. The summed E-state index contributed by atoms with van der Waals surface area (Å²) in [5.41, 5.74) is 6.92. The maximum Gasteiger partial charge on any atom is 0.318 e. The Morgan fingerprint density at radius 1 is 1.10 bits per heavy atom. The number of nitrogens with zero attached hydrogens (tertiary/aromatic N) is 2. The van der Waals surface area contributed by atoms with Gasteiger partial charge in [-0.3, -0.25) is 9.59 Å². The van der Waals surface area contributed by atoms with Gasteiger partial charge in [-0.25, -0.2) is 0 Å². The Balaban J connectivity index is 1.45. The fourth-order valence-electron chi connectivity index (χ4n) is 4.37. The zero-order valence-corrected chi connectivity index (χ0v) is 17.0. The average molecular weight is 399 g/mol. The van der Waals surface area contributed by atoms with Gasteiger partial charge in [-0.1, -0.05) is 24.3 Å². The number of carbonyl (C=O) groups excluding carboxylic acids is 2. The molecular weight excluding hydrogens is 370 g/mol. The molecule has 7 nitrogen and oxygen atoms in total. The topological polar surface area (TPSA) is 85.1 Å². The van der Waals surface area contributed by atoms with Gasteiger partial charge in [0.15, 0.2) is 0 Å². The summed E-state index contributed by atoms with van der Waals surface area (Å²) in [5, 5.41) is 0. The third kappa shape index (κ3) is 4.22. The lowest BCUT2D eigenvalue weighted by Crippen LogP contribution is -2.52. The number of hydrogen-bond acceptors (Lipinski definition) is 6. The molecule has 2 saturated heterocycles. The van der Waals surface area contributed by atoms with Gasteiger partial charge in [-0.05, 0) is 38.1 Å². The van der Waals surface area contributed by atoms with Gasteiger partial charge in [-0.15, -0.1) is 0 Å². The Hall–Kier alpha value is -2.22. The molecule has 3 aliphatic rings. The zero-order chi connectivity index (χ0) is 20.5. The van der Waals surface area contributed by atoms with Gasteiger partial charge >= 0.3 is 5.97 Å². The molecule has 5 atom stereocenters. The summed E-state index contributed by atoms with van der Waals surface area (Å²) >= 11 is 0. The van der Waals surface area contributed by atoms with Crippen LogP contribution < -0.4 is 10.5 Å². The number of nitrogens with two attached hydrogens (primary N) is 1. The van der Waals surface area contributed by atoms with Gasteiger partial charge in [0.05, 0.1) is 18.1 Å². The van der Waals surface area contributed by atoms with Crippen LogP contribution in [0.4, 0.5) is 0 Å². The van der Waals surface area contributed by atoms with E-state index in [1.54, 1.807) is 12.1 Å². The largest absolute Gasteiger partial charge is 0.426 e. The van der Waals surface area contributed by atoms with Gasteiger partial charge in [0, 0.05) is 32.2 Å². The Morgan fingerprint density at radius 2 is 1.72 bits per heavy atom. The maximum atomic E-state index is 13.2. The summed E-state index contributed by atoms with van der Waals surface area (Å²) in [7, 11) is 2.05. The highest BCUT2D eigenvalue weighted by Gasteiger charge is 2.54. The summed E-state index contributed by atoms with van der Waals surface area (Å²) < 4.78 is 11.5. The van der Waals surface area contributed by atoms with Crippen LogP contribution in [-0.4, -0.2) is 73.2 Å². The van der Waals surface area contributed by atoms with Gasteiger partial charge < -0.3 is 25.0 Å². The highest BCUT2D eigenvalue weighted by Crippen LogP contribution is 2.41. The molecule has 3 unspecified atom stereocenters. The molecule has 4 rings (SSSR count). The Morgan fingerprint density at radius 3 is 2.34 bits per heavy atom. The van der Waals surface area contributed by atoms with Crippen molar-refractivity contribution in [1.29, 1.82) is 0 Å². The quantitative estimate of drug-likeness (QED) is 0.448. The third-order valence-corrected chi connectivity index (χ3v) is 5.97. The number of fused-ring (bicyclic) bond motifs is 2. The molecule has 29 heavy (non-hydrogen) atoms. The molecule has 0 saturated carbocycles. The van der Waals surface area contributed by atoms with E-state index >= 15 is 0 Å².